The second kappa shape index (κ2) is 8.19. The van der Waals surface area contributed by atoms with Gasteiger partial charge in [0, 0.05) is 19.0 Å². The first-order chi connectivity index (χ1) is 9.47. The first-order valence-corrected chi connectivity index (χ1v) is 6.79. The predicted octanol–water partition coefficient (Wildman–Crippen LogP) is 2.44. The maximum Gasteiger partial charge on any atom is 0.315 e. The summed E-state index contributed by atoms with van der Waals surface area (Å²) in [6, 6.07) is 7.70. The molecule has 1 rings (SSSR count). The van der Waals surface area contributed by atoms with Crippen molar-refractivity contribution in [2.75, 3.05) is 0 Å². The lowest BCUT2D eigenvalue weighted by Crippen LogP contribution is -2.40. The lowest BCUT2D eigenvalue weighted by Gasteiger charge is -2.14. The van der Waals surface area contributed by atoms with Gasteiger partial charge in [-0.3, -0.25) is 4.79 Å². The smallest absolute Gasteiger partial charge is 0.315 e. The van der Waals surface area contributed by atoms with E-state index >= 15 is 0 Å². The molecule has 0 spiro atoms. The van der Waals surface area contributed by atoms with Crippen LogP contribution < -0.4 is 10.6 Å². The molecule has 0 bridgehead atoms. The minimum atomic E-state index is -0.805. The number of hydrogen-bond donors (Lipinski definition) is 3. The molecule has 20 heavy (non-hydrogen) atoms. The van der Waals surface area contributed by atoms with Gasteiger partial charge in [0.05, 0.1) is 0 Å². The van der Waals surface area contributed by atoms with E-state index in [0.717, 1.165) is 5.56 Å². The van der Waals surface area contributed by atoms with Crippen molar-refractivity contribution in [2.45, 2.75) is 45.7 Å². The van der Waals surface area contributed by atoms with Crippen LogP contribution in [-0.4, -0.2) is 23.1 Å². The number of urea groups is 1. The summed E-state index contributed by atoms with van der Waals surface area (Å²) in [6.45, 7) is 4.37. The molecular formula is C15H22N2O3. The summed E-state index contributed by atoms with van der Waals surface area (Å²) in [5.74, 6) is -0.805. The molecule has 0 aliphatic heterocycles. The van der Waals surface area contributed by atoms with Crippen molar-refractivity contribution >= 4 is 12.0 Å². The zero-order valence-electron chi connectivity index (χ0n) is 12.0. The van der Waals surface area contributed by atoms with Gasteiger partial charge in [-0.25, -0.2) is 4.79 Å². The normalized spacial score (nSPS) is 11.7. The minimum absolute atomic E-state index is 0.0348. The fourth-order valence-electron chi connectivity index (χ4n) is 1.79. The van der Waals surface area contributed by atoms with Crippen molar-refractivity contribution in [3.8, 4) is 0 Å². The standard InChI is InChI=1S/C15H22N2O3/c1-11-6-8-13(9-7-11)10-16-15(20)17-12(2)4-3-5-14(18)19/h6-9,12H,3-5,10H2,1-2H3,(H,18,19)(H2,16,17,20). The summed E-state index contributed by atoms with van der Waals surface area (Å²) in [5, 5.41) is 14.1. The minimum Gasteiger partial charge on any atom is -0.481 e. The van der Waals surface area contributed by atoms with Crippen molar-refractivity contribution in [1.29, 1.82) is 0 Å². The second-order valence-electron chi connectivity index (χ2n) is 5.00. The molecular weight excluding hydrogens is 256 g/mol. The van der Waals surface area contributed by atoms with Crippen molar-refractivity contribution in [2.24, 2.45) is 0 Å². The quantitative estimate of drug-likeness (QED) is 0.716. The molecule has 5 nitrogen and oxygen atoms in total. The molecule has 0 saturated carbocycles. The number of rotatable bonds is 7. The van der Waals surface area contributed by atoms with E-state index in [4.69, 9.17) is 5.11 Å². The Balaban J connectivity index is 2.22. The molecule has 1 aromatic carbocycles. The van der Waals surface area contributed by atoms with Gasteiger partial charge in [0.15, 0.2) is 0 Å². The molecule has 0 aliphatic carbocycles. The highest BCUT2D eigenvalue weighted by molar-refractivity contribution is 5.74. The number of carboxylic acid groups (broad SMARTS) is 1. The van der Waals surface area contributed by atoms with Gasteiger partial charge in [0.1, 0.15) is 0 Å². The molecule has 1 aromatic rings. The topological polar surface area (TPSA) is 78.4 Å². The van der Waals surface area contributed by atoms with E-state index in [2.05, 4.69) is 10.6 Å². The fourth-order valence-corrected chi connectivity index (χ4v) is 1.79. The van der Waals surface area contributed by atoms with Crippen LogP contribution in [0.1, 0.15) is 37.3 Å². The Morgan fingerprint density at radius 2 is 1.90 bits per heavy atom. The van der Waals surface area contributed by atoms with Crippen LogP contribution in [0.15, 0.2) is 24.3 Å². The number of carboxylic acids is 1. The Kier molecular flexibility index (Phi) is 6.56. The molecule has 3 N–H and O–H groups in total. The first-order valence-electron chi connectivity index (χ1n) is 6.79. The van der Waals surface area contributed by atoms with Crippen molar-refractivity contribution in [3.05, 3.63) is 35.4 Å². The molecule has 5 heteroatoms. The van der Waals surface area contributed by atoms with E-state index in [0.29, 0.717) is 19.4 Å². The molecule has 110 valence electrons. The zero-order valence-corrected chi connectivity index (χ0v) is 12.0. The fraction of sp³-hybridized carbons (Fsp3) is 0.467. The number of hydrogen-bond acceptors (Lipinski definition) is 2. The van der Waals surface area contributed by atoms with E-state index in [1.165, 1.54) is 5.56 Å². The number of benzene rings is 1. The number of amides is 2. The molecule has 0 heterocycles. The SMILES string of the molecule is Cc1ccc(CNC(=O)NC(C)CCCC(=O)O)cc1. The Morgan fingerprint density at radius 3 is 2.50 bits per heavy atom. The highest BCUT2D eigenvalue weighted by Gasteiger charge is 2.07. The van der Waals surface area contributed by atoms with Crippen LogP contribution in [0.3, 0.4) is 0 Å². The van der Waals surface area contributed by atoms with Crippen LogP contribution in [0.5, 0.6) is 0 Å². The van der Waals surface area contributed by atoms with Gasteiger partial charge < -0.3 is 15.7 Å². The molecule has 2 amide bonds. The summed E-state index contributed by atoms with van der Waals surface area (Å²) in [6.07, 6.45) is 1.36. The Hall–Kier alpha value is -2.04. The third-order valence-corrected chi connectivity index (χ3v) is 2.98. The van der Waals surface area contributed by atoms with Crippen LogP contribution in [0.2, 0.25) is 0 Å². The largest absolute Gasteiger partial charge is 0.481 e. The lowest BCUT2D eigenvalue weighted by molar-refractivity contribution is -0.137. The predicted molar refractivity (Wildman–Crippen MR) is 77.5 cm³/mol. The third-order valence-electron chi connectivity index (χ3n) is 2.98. The number of aryl methyl sites for hydroxylation is 1. The maximum atomic E-state index is 11.7. The summed E-state index contributed by atoms with van der Waals surface area (Å²) < 4.78 is 0. The van der Waals surface area contributed by atoms with Gasteiger partial charge in [0.2, 0.25) is 0 Å². The number of aliphatic carboxylic acids is 1. The van der Waals surface area contributed by atoms with E-state index in [1.54, 1.807) is 0 Å². The number of nitrogens with one attached hydrogen (secondary N) is 2. The Morgan fingerprint density at radius 1 is 1.25 bits per heavy atom. The zero-order chi connectivity index (χ0) is 15.0. The lowest BCUT2D eigenvalue weighted by atomic mass is 10.1. The van der Waals surface area contributed by atoms with Crippen LogP contribution >= 0.6 is 0 Å². The average molecular weight is 278 g/mol. The van der Waals surface area contributed by atoms with Crippen molar-refractivity contribution in [1.82, 2.24) is 10.6 Å². The highest BCUT2D eigenvalue weighted by atomic mass is 16.4. The number of carbonyl (C=O) groups excluding carboxylic acids is 1. The van der Waals surface area contributed by atoms with E-state index in [-0.39, 0.29) is 18.5 Å². The molecule has 0 radical (unpaired) electrons. The number of carbonyl (C=O) groups is 2. The Bertz CT molecular complexity index is 443. The second-order valence-corrected chi connectivity index (χ2v) is 5.00. The first kappa shape index (κ1) is 16.0. The van der Waals surface area contributed by atoms with Gasteiger partial charge in [-0.2, -0.15) is 0 Å². The molecule has 0 fully saturated rings. The van der Waals surface area contributed by atoms with Gasteiger partial charge in [-0.15, -0.1) is 0 Å². The van der Waals surface area contributed by atoms with Crippen LogP contribution in [0, 0.1) is 6.92 Å². The van der Waals surface area contributed by atoms with Crippen molar-refractivity contribution in [3.63, 3.8) is 0 Å². The van der Waals surface area contributed by atoms with Gasteiger partial charge in [-0.05, 0) is 32.3 Å². The van der Waals surface area contributed by atoms with E-state index in [9.17, 15) is 9.59 Å². The van der Waals surface area contributed by atoms with Crippen LogP contribution in [-0.2, 0) is 11.3 Å². The third kappa shape index (κ3) is 6.78. The summed E-state index contributed by atoms with van der Waals surface area (Å²) in [7, 11) is 0. The van der Waals surface area contributed by atoms with Gasteiger partial charge >= 0.3 is 12.0 Å². The molecule has 0 aromatic heterocycles. The average Bonchev–Trinajstić information content (AvgIpc) is 2.37. The summed E-state index contributed by atoms with van der Waals surface area (Å²) >= 11 is 0. The van der Waals surface area contributed by atoms with Crippen LogP contribution in [0.4, 0.5) is 4.79 Å². The highest BCUT2D eigenvalue weighted by Crippen LogP contribution is 2.03. The molecule has 1 unspecified atom stereocenters. The summed E-state index contributed by atoms with van der Waals surface area (Å²) in [5.41, 5.74) is 2.23. The molecule has 0 aliphatic rings. The Labute approximate surface area is 119 Å². The van der Waals surface area contributed by atoms with Crippen LogP contribution in [0.25, 0.3) is 0 Å². The molecule has 0 saturated heterocycles. The van der Waals surface area contributed by atoms with Gasteiger partial charge in [-0.1, -0.05) is 29.8 Å². The summed E-state index contributed by atoms with van der Waals surface area (Å²) in [4.78, 5) is 22.0. The van der Waals surface area contributed by atoms with Gasteiger partial charge in [0.25, 0.3) is 0 Å². The molecule has 1 atom stereocenters. The monoisotopic (exact) mass is 278 g/mol. The maximum absolute atomic E-state index is 11.7. The van der Waals surface area contributed by atoms with E-state index in [1.807, 2.05) is 38.1 Å². The van der Waals surface area contributed by atoms with E-state index < -0.39 is 5.97 Å². The van der Waals surface area contributed by atoms with Crippen molar-refractivity contribution < 1.29 is 14.7 Å².